The highest BCUT2D eigenvalue weighted by Crippen LogP contribution is 2.22. The predicted molar refractivity (Wildman–Crippen MR) is 132 cm³/mol. The maximum absolute atomic E-state index is 12.3. The van der Waals surface area contributed by atoms with Gasteiger partial charge in [-0.05, 0) is 73.2 Å². The van der Waals surface area contributed by atoms with E-state index in [1.165, 1.54) is 38.2 Å². The van der Waals surface area contributed by atoms with Crippen LogP contribution in [0.25, 0.3) is 0 Å². The molecule has 0 saturated carbocycles. The van der Waals surface area contributed by atoms with Crippen LogP contribution in [0.5, 0.6) is 11.5 Å². The number of unbranched alkanes of at least 4 members (excludes halogenated alkanes) is 5. The molecule has 0 radical (unpaired) electrons. The van der Waals surface area contributed by atoms with Crippen molar-refractivity contribution in [3.05, 3.63) is 83.9 Å². The first-order valence-corrected chi connectivity index (χ1v) is 11.6. The molecule has 6 heteroatoms. The molecule has 3 rings (SSSR count). The molecular formula is C28H29N3O3. The summed E-state index contributed by atoms with van der Waals surface area (Å²) in [5.74, 6) is 0.651. The smallest absolute Gasteiger partial charge is 0.343 e. The first kappa shape index (κ1) is 24.7. The van der Waals surface area contributed by atoms with Crippen LogP contribution in [-0.2, 0) is 0 Å². The molecule has 0 heterocycles. The lowest BCUT2D eigenvalue weighted by Gasteiger charge is -2.06. The number of carbonyl (C=O) groups is 1. The zero-order valence-electron chi connectivity index (χ0n) is 19.4. The molecule has 0 atom stereocenters. The van der Waals surface area contributed by atoms with Gasteiger partial charge in [-0.2, -0.15) is 15.5 Å². The van der Waals surface area contributed by atoms with E-state index in [4.69, 9.17) is 14.7 Å². The number of esters is 1. The predicted octanol–water partition coefficient (Wildman–Crippen LogP) is 7.93. The molecule has 0 aliphatic heterocycles. The fraction of sp³-hybridized carbons (Fsp3) is 0.286. The van der Waals surface area contributed by atoms with E-state index in [0.717, 1.165) is 18.8 Å². The number of nitrogens with zero attached hydrogens (tertiary/aromatic N) is 3. The summed E-state index contributed by atoms with van der Waals surface area (Å²) in [6.45, 7) is 2.95. The summed E-state index contributed by atoms with van der Waals surface area (Å²) in [6, 6.07) is 22.6. The summed E-state index contributed by atoms with van der Waals surface area (Å²) < 4.78 is 11.1. The first-order valence-electron chi connectivity index (χ1n) is 11.6. The van der Waals surface area contributed by atoms with E-state index in [0.29, 0.717) is 28.3 Å². The largest absolute Gasteiger partial charge is 0.494 e. The summed E-state index contributed by atoms with van der Waals surface area (Å²) in [6.07, 6.45) is 7.43. The van der Waals surface area contributed by atoms with E-state index in [1.54, 1.807) is 42.5 Å². The van der Waals surface area contributed by atoms with Crippen LogP contribution in [0.15, 0.2) is 83.0 Å². The number of benzene rings is 3. The number of hydrogen-bond donors (Lipinski definition) is 0. The van der Waals surface area contributed by atoms with Gasteiger partial charge in [0.2, 0.25) is 0 Å². The minimum absolute atomic E-state index is 0.326. The normalized spacial score (nSPS) is 10.7. The highest BCUT2D eigenvalue weighted by Gasteiger charge is 2.09. The van der Waals surface area contributed by atoms with Crippen LogP contribution in [0, 0.1) is 11.3 Å². The molecule has 3 aromatic carbocycles. The van der Waals surface area contributed by atoms with Crippen molar-refractivity contribution >= 4 is 17.3 Å². The van der Waals surface area contributed by atoms with Crippen LogP contribution in [0.3, 0.4) is 0 Å². The first-order chi connectivity index (χ1) is 16.7. The van der Waals surface area contributed by atoms with E-state index in [2.05, 4.69) is 17.2 Å². The Morgan fingerprint density at radius 2 is 1.47 bits per heavy atom. The molecule has 174 valence electrons. The molecule has 0 bridgehead atoms. The van der Waals surface area contributed by atoms with Gasteiger partial charge in [-0.25, -0.2) is 4.79 Å². The van der Waals surface area contributed by atoms with Gasteiger partial charge in [0.05, 0.1) is 35.2 Å². The Balaban J connectivity index is 1.46. The second-order valence-electron chi connectivity index (χ2n) is 7.89. The van der Waals surface area contributed by atoms with Crippen LogP contribution in [0.1, 0.15) is 61.4 Å². The standard InChI is InChI=1S/C28H29N3O3/c1-2-3-4-5-6-7-19-33-26-17-15-25(16-18-26)31-30-24-13-11-23(12-14-24)28(32)34-27-10-8-9-22(20-27)21-29/h8-18,20H,2-7,19H2,1H3. The summed E-state index contributed by atoms with van der Waals surface area (Å²) >= 11 is 0. The maximum atomic E-state index is 12.3. The van der Waals surface area contributed by atoms with E-state index >= 15 is 0 Å². The third-order valence-corrected chi connectivity index (χ3v) is 5.16. The van der Waals surface area contributed by atoms with Crippen LogP contribution in [0.4, 0.5) is 11.4 Å². The molecule has 34 heavy (non-hydrogen) atoms. The number of azo groups is 1. The van der Waals surface area contributed by atoms with Crippen molar-refractivity contribution in [1.82, 2.24) is 0 Å². The molecule has 0 unspecified atom stereocenters. The summed E-state index contributed by atoms with van der Waals surface area (Å²) in [5.41, 5.74) is 2.14. The van der Waals surface area contributed by atoms with Gasteiger partial charge < -0.3 is 9.47 Å². The average Bonchev–Trinajstić information content (AvgIpc) is 2.88. The Hall–Kier alpha value is -3.98. The zero-order valence-corrected chi connectivity index (χ0v) is 19.4. The number of nitriles is 1. The van der Waals surface area contributed by atoms with Gasteiger partial charge in [-0.3, -0.25) is 0 Å². The lowest BCUT2D eigenvalue weighted by molar-refractivity contribution is 0.0735. The zero-order chi connectivity index (χ0) is 24.0. The second kappa shape index (κ2) is 13.5. The Bertz CT molecular complexity index is 1120. The Kier molecular flexibility index (Phi) is 9.82. The number of hydrogen-bond acceptors (Lipinski definition) is 6. The van der Waals surface area contributed by atoms with Crippen LogP contribution in [0.2, 0.25) is 0 Å². The van der Waals surface area contributed by atoms with Crippen LogP contribution < -0.4 is 9.47 Å². The molecule has 0 fully saturated rings. The average molecular weight is 456 g/mol. The maximum Gasteiger partial charge on any atom is 0.343 e. The molecule has 0 aromatic heterocycles. The van der Waals surface area contributed by atoms with Crippen molar-refractivity contribution < 1.29 is 14.3 Å². The number of ether oxygens (including phenoxy) is 2. The Morgan fingerprint density at radius 1 is 0.824 bits per heavy atom. The van der Waals surface area contributed by atoms with Crippen LogP contribution >= 0.6 is 0 Å². The Labute approximate surface area is 200 Å². The van der Waals surface area contributed by atoms with Crippen molar-refractivity contribution in [1.29, 1.82) is 5.26 Å². The molecule has 6 nitrogen and oxygen atoms in total. The molecule has 0 aliphatic rings. The summed E-state index contributed by atoms with van der Waals surface area (Å²) in [5, 5.41) is 17.4. The SMILES string of the molecule is CCCCCCCCOc1ccc(N=Nc2ccc(C(=O)Oc3cccc(C#N)c3)cc2)cc1. The third kappa shape index (κ3) is 8.18. The molecule has 0 amide bonds. The van der Waals surface area contributed by atoms with Crippen molar-refractivity contribution in [2.75, 3.05) is 6.61 Å². The van der Waals surface area contributed by atoms with Gasteiger partial charge in [0.15, 0.2) is 0 Å². The van der Waals surface area contributed by atoms with Gasteiger partial charge in [0.25, 0.3) is 0 Å². The lowest BCUT2D eigenvalue weighted by Crippen LogP contribution is -2.08. The molecular weight excluding hydrogens is 426 g/mol. The van der Waals surface area contributed by atoms with E-state index in [1.807, 2.05) is 30.3 Å². The monoisotopic (exact) mass is 455 g/mol. The van der Waals surface area contributed by atoms with Gasteiger partial charge in [-0.1, -0.05) is 45.1 Å². The molecule has 0 N–H and O–H groups in total. The molecule has 0 saturated heterocycles. The summed E-state index contributed by atoms with van der Waals surface area (Å²) in [7, 11) is 0. The molecule has 3 aromatic rings. The van der Waals surface area contributed by atoms with Gasteiger partial charge >= 0.3 is 5.97 Å². The van der Waals surface area contributed by atoms with E-state index in [9.17, 15) is 4.79 Å². The minimum Gasteiger partial charge on any atom is -0.494 e. The number of carbonyl (C=O) groups excluding carboxylic acids is 1. The van der Waals surface area contributed by atoms with Crippen molar-refractivity contribution in [2.45, 2.75) is 45.4 Å². The molecule has 0 aliphatic carbocycles. The third-order valence-electron chi connectivity index (χ3n) is 5.16. The van der Waals surface area contributed by atoms with Gasteiger partial charge in [0.1, 0.15) is 11.5 Å². The van der Waals surface area contributed by atoms with Crippen molar-refractivity contribution in [3.8, 4) is 17.6 Å². The molecule has 0 spiro atoms. The van der Waals surface area contributed by atoms with Gasteiger partial charge in [-0.15, -0.1) is 0 Å². The Morgan fingerprint density at radius 3 is 2.15 bits per heavy atom. The highest BCUT2D eigenvalue weighted by atomic mass is 16.5. The van der Waals surface area contributed by atoms with E-state index < -0.39 is 5.97 Å². The fourth-order valence-corrected chi connectivity index (χ4v) is 3.26. The quantitative estimate of drug-likeness (QED) is 0.120. The highest BCUT2D eigenvalue weighted by molar-refractivity contribution is 5.91. The van der Waals surface area contributed by atoms with Gasteiger partial charge in [0, 0.05) is 0 Å². The van der Waals surface area contributed by atoms with Crippen molar-refractivity contribution in [3.63, 3.8) is 0 Å². The lowest BCUT2D eigenvalue weighted by atomic mass is 10.1. The van der Waals surface area contributed by atoms with Crippen LogP contribution in [-0.4, -0.2) is 12.6 Å². The minimum atomic E-state index is -0.505. The summed E-state index contributed by atoms with van der Waals surface area (Å²) in [4.78, 5) is 12.3. The van der Waals surface area contributed by atoms with E-state index in [-0.39, 0.29) is 0 Å². The van der Waals surface area contributed by atoms with Crippen molar-refractivity contribution in [2.24, 2.45) is 10.2 Å². The fourth-order valence-electron chi connectivity index (χ4n) is 3.26. The topological polar surface area (TPSA) is 84.0 Å². The number of rotatable bonds is 12. The second-order valence-corrected chi connectivity index (χ2v) is 7.89.